The van der Waals surface area contributed by atoms with Crippen LogP contribution in [0.4, 0.5) is 0 Å². The van der Waals surface area contributed by atoms with Crippen LogP contribution >= 0.6 is 0 Å². The normalized spacial score (nSPS) is 40.5. The minimum atomic E-state index is -0.114. The maximum Gasteiger partial charge on any atom is 0.0695 e. The van der Waals surface area contributed by atoms with Gasteiger partial charge in [-0.15, -0.1) is 0 Å². The van der Waals surface area contributed by atoms with Gasteiger partial charge in [-0.05, 0) is 38.6 Å². The standard InChI is InChI=1S/C13H26N2O/c1-15(9-10-5-4-6-11(10)14)12-7-2-3-8-13(12)16/h10-13,16H,2-9,14H2,1H3. The number of aliphatic hydroxyl groups excluding tert-OH is 1. The van der Waals surface area contributed by atoms with Gasteiger partial charge in [0.25, 0.3) is 0 Å². The van der Waals surface area contributed by atoms with Gasteiger partial charge in [-0.2, -0.15) is 0 Å². The van der Waals surface area contributed by atoms with Crippen molar-refractivity contribution >= 4 is 0 Å². The van der Waals surface area contributed by atoms with E-state index in [1.165, 1.54) is 32.1 Å². The number of nitrogens with two attached hydrogens (primary N) is 1. The molecule has 0 aromatic heterocycles. The first kappa shape index (κ1) is 12.3. The molecule has 2 rings (SSSR count). The predicted molar refractivity (Wildman–Crippen MR) is 66.2 cm³/mol. The lowest BCUT2D eigenvalue weighted by atomic mass is 9.90. The van der Waals surface area contributed by atoms with Crippen molar-refractivity contribution in [3.63, 3.8) is 0 Å². The van der Waals surface area contributed by atoms with E-state index < -0.39 is 0 Å². The number of hydrogen-bond acceptors (Lipinski definition) is 3. The summed E-state index contributed by atoms with van der Waals surface area (Å²) < 4.78 is 0. The van der Waals surface area contributed by atoms with Gasteiger partial charge in [0, 0.05) is 18.6 Å². The predicted octanol–water partition coefficient (Wildman–Crippen LogP) is 1.35. The SMILES string of the molecule is CN(CC1CCCC1N)C1CCCCC1O. The lowest BCUT2D eigenvalue weighted by Crippen LogP contribution is -2.46. The molecule has 0 bridgehead atoms. The summed E-state index contributed by atoms with van der Waals surface area (Å²) in [5, 5.41) is 10.0. The van der Waals surface area contributed by atoms with Crippen LogP contribution in [0.3, 0.4) is 0 Å². The van der Waals surface area contributed by atoms with Crippen molar-refractivity contribution in [2.24, 2.45) is 11.7 Å². The van der Waals surface area contributed by atoms with Crippen LogP contribution in [-0.2, 0) is 0 Å². The van der Waals surface area contributed by atoms with Gasteiger partial charge >= 0.3 is 0 Å². The first-order chi connectivity index (χ1) is 7.68. The highest BCUT2D eigenvalue weighted by atomic mass is 16.3. The van der Waals surface area contributed by atoms with Crippen LogP contribution in [0.15, 0.2) is 0 Å². The van der Waals surface area contributed by atoms with Gasteiger partial charge in [-0.25, -0.2) is 0 Å². The van der Waals surface area contributed by atoms with E-state index in [1.54, 1.807) is 0 Å². The first-order valence-corrected chi connectivity index (χ1v) is 6.82. The van der Waals surface area contributed by atoms with E-state index in [0.29, 0.717) is 18.0 Å². The lowest BCUT2D eigenvalue weighted by molar-refractivity contribution is 0.0251. The third-order valence-electron chi connectivity index (χ3n) is 4.50. The summed E-state index contributed by atoms with van der Waals surface area (Å²) in [4.78, 5) is 2.36. The summed E-state index contributed by atoms with van der Waals surface area (Å²) >= 11 is 0. The Kier molecular flexibility index (Phi) is 4.22. The molecule has 0 heterocycles. The number of likely N-dealkylation sites (N-methyl/N-ethyl adjacent to an activating group) is 1. The molecule has 3 heteroatoms. The van der Waals surface area contributed by atoms with E-state index in [1.807, 2.05) is 0 Å². The van der Waals surface area contributed by atoms with E-state index in [-0.39, 0.29) is 6.10 Å². The van der Waals surface area contributed by atoms with Gasteiger partial charge in [0.05, 0.1) is 6.10 Å². The van der Waals surface area contributed by atoms with Crippen LogP contribution < -0.4 is 5.73 Å². The zero-order chi connectivity index (χ0) is 11.5. The summed E-state index contributed by atoms with van der Waals surface area (Å²) in [7, 11) is 2.16. The molecule has 4 atom stereocenters. The molecule has 3 N–H and O–H groups in total. The minimum absolute atomic E-state index is 0.114. The molecule has 94 valence electrons. The van der Waals surface area contributed by atoms with Gasteiger partial charge in [0.2, 0.25) is 0 Å². The van der Waals surface area contributed by atoms with Crippen molar-refractivity contribution in [2.45, 2.75) is 63.1 Å². The molecule has 2 saturated carbocycles. The molecule has 0 aromatic rings. The van der Waals surface area contributed by atoms with Crippen LogP contribution in [0.25, 0.3) is 0 Å². The highest BCUT2D eigenvalue weighted by Gasteiger charge is 2.31. The Morgan fingerprint density at radius 2 is 1.88 bits per heavy atom. The molecule has 0 saturated heterocycles. The number of nitrogens with zero attached hydrogens (tertiary/aromatic N) is 1. The maximum absolute atomic E-state index is 10.0. The van der Waals surface area contributed by atoms with Crippen molar-refractivity contribution in [3.8, 4) is 0 Å². The summed E-state index contributed by atoms with van der Waals surface area (Å²) in [6.07, 6.45) is 8.21. The van der Waals surface area contributed by atoms with E-state index in [9.17, 15) is 5.11 Å². The lowest BCUT2D eigenvalue weighted by Gasteiger charge is -2.37. The summed E-state index contributed by atoms with van der Waals surface area (Å²) in [6, 6.07) is 0.768. The molecule has 2 aliphatic rings. The van der Waals surface area contributed by atoms with E-state index >= 15 is 0 Å². The zero-order valence-corrected chi connectivity index (χ0v) is 10.4. The van der Waals surface area contributed by atoms with Gasteiger partial charge < -0.3 is 15.7 Å². The molecule has 0 aromatic carbocycles. The highest BCUT2D eigenvalue weighted by Crippen LogP contribution is 2.28. The second-order valence-corrected chi connectivity index (χ2v) is 5.71. The second kappa shape index (κ2) is 5.48. The van der Waals surface area contributed by atoms with E-state index in [4.69, 9.17) is 5.73 Å². The molecule has 16 heavy (non-hydrogen) atoms. The Balaban J connectivity index is 1.84. The molecular weight excluding hydrogens is 200 g/mol. The van der Waals surface area contributed by atoms with Crippen LogP contribution in [-0.4, -0.2) is 41.8 Å². The fourth-order valence-corrected chi connectivity index (χ4v) is 3.40. The maximum atomic E-state index is 10.0. The molecule has 0 aliphatic heterocycles. The molecule has 3 nitrogen and oxygen atoms in total. The molecular formula is C13H26N2O. The topological polar surface area (TPSA) is 49.5 Å². The molecule has 0 spiro atoms. The second-order valence-electron chi connectivity index (χ2n) is 5.71. The smallest absolute Gasteiger partial charge is 0.0695 e. The van der Waals surface area contributed by atoms with Crippen molar-refractivity contribution in [3.05, 3.63) is 0 Å². The third-order valence-corrected chi connectivity index (χ3v) is 4.50. The quantitative estimate of drug-likeness (QED) is 0.764. The minimum Gasteiger partial charge on any atom is -0.391 e. The molecule has 2 aliphatic carbocycles. The van der Waals surface area contributed by atoms with Crippen molar-refractivity contribution in [1.82, 2.24) is 4.90 Å². The largest absolute Gasteiger partial charge is 0.391 e. The highest BCUT2D eigenvalue weighted by molar-refractivity contribution is 4.87. The van der Waals surface area contributed by atoms with Crippen LogP contribution in [0, 0.1) is 5.92 Å². The Morgan fingerprint density at radius 1 is 1.12 bits per heavy atom. The van der Waals surface area contributed by atoms with Crippen LogP contribution in [0.5, 0.6) is 0 Å². The van der Waals surface area contributed by atoms with Gasteiger partial charge in [-0.3, -0.25) is 0 Å². The van der Waals surface area contributed by atoms with E-state index in [2.05, 4.69) is 11.9 Å². The van der Waals surface area contributed by atoms with Crippen molar-refractivity contribution < 1.29 is 5.11 Å². The monoisotopic (exact) mass is 226 g/mol. The summed E-state index contributed by atoms with van der Waals surface area (Å²) in [6.45, 7) is 1.07. The molecule has 4 unspecified atom stereocenters. The van der Waals surface area contributed by atoms with Crippen LogP contribution in [0.2, 0.25) is 0 Å². The van der Waals surface area contributed by atoms with Gasteiger partial charge in [0.15, 0.2) is 0 Å². The van der Waals surface area contributed by atoms with Crippen LogP contribution in [0.1, 0.15) is 44.9 Å². The Bertz CT molecular complexity index is 222. The summed E-state index contributed by atoms with van der Waals surface area (Å²) in [5.74, 6) is 0.652. The van der Waals surface area contributed by atoms with E-state index in [0.717, 1.165) is 19.4 Å². The van der Waals surface area contributed by atoms with Gasteiger partial charge in [0.1, 0.15) is 0 Å². The number of rotatable bonds is 3. The average Bonchev–Trinajstić information content (AvgIpc) is 2.65. The fraction of sp³-hybridized carbons (Fsp3) is 1.00. The average molecular weight is 226 g/mol. The number of aliphatic hydroxyl groups is 1. The van der Waals surface area contributed by atoms with Crippen molar-refractivity contribution in [1.29, 1.82) is 0 Å². The molecule has 0 radical (unpaired) electrons. The zero-order valence-electron chi connectivity index (χ0n) is 10.4. The third kappa shape index (κ3) is 2.76. The fourth-order valence-electron chi connectivity index (χ4n) is 3.40. The molecule has 0 amide bonds. The number of hydrogen-bond donors (Lipinski definition) is 2. The Hall–Kier alpha value is -0.120. The first-order valence-electron chi connectivity index (χ1n) is 6.82. The molecule has 2 fully saturated rings. The van der Waals surface area contributed by atoms with Crippen molar-refractivity contribution in [2.75, 3.05) is 13.6 Å². The summed E-state index contributed by atoms with van der Waals surface area (Å²) in [5.41, 5.74) is 6.10. The Morgan fingerprint density at radius 3 is 2.50 bits per heavy atom. The Labute approximate surface area is 99.0 Å². The van der Waals surface area contributed by atoms with Gasteiger partial charge in [-0.1, -0.05) is 19.3 Å².